The van der Waals surface area contributed by atoms with Crippen LogP contribution in [0.1, 0.15) is 56.8 Å². The molecular weight excluding hydrogens is 492 g/mol. The quantitative estimate of drug-likeness (QED) is 0.321. The number of amides is 4. The van der Waals surface area contributed by atoms with E-state index in [1.807, 2.05) is 13.8 Å². The molecule has 1 aromatic carbocycles. The van der Waals surface area contributed by atoms with E-state index in [2.05, 4.69) is 16.0 Å². The van der Waals surface area contributed by atoms with E-state index < -0.39 is 48.2 Å². The van der Waals surface area contributed by atoms with Gasteiger partial charge in [-0.3, -0.25) is 24.0 Å². The summed E-state index contributed by atoms with van der Waals surface area (Å²) in [7, 11) is 0. The van der Waals surface area contributed by atoms with Crippen molar-refractivity contribution in [3.05, 3.63) is 28.8 Å². The minimum Gasteiger partial charge on any atom is -0.481 e. The maximum absolute atomic E-state index is 13.0. The Morgan fingerprint density at radius 2 is 1.83 bits per heavy atom. The molecule has 1 heterocycles. The monoisotopic (exact) mass is 522 g/mol. The van der Waals surface area contributed by atoms with Crippen LogP contribution in [0.15, 0.2) is 18.2 Å². The molecule has 1 fully saturated rings. The Hall–Kier alpha value is -3.47. The maximum atomic E-state index is 13.0. The summed E-state index contributed by atoms with van der Waals surface area (Å²) in [6.45, 7) is 5.58. The lowest BCUT2D eigenvalue weighted by Gasteiger charge is -2.27. The molecular formula is C24H31ClN4O7. The van der Waals surface area contributed by atoms with Gasteiger partial charge in [-0.25, -0.2) is 0 Å². The van der Waals surface area contributed by atoms with E-state index in [0.717, 1.165) is 0 Å². The number of hydrogen-bond donors (Lipinski definition) is 4. The largest absolute Gasteiger partial charge is 0.481 e. The van der Waals surface area contributed by atoms with Gasteiger partial charge in [0, 0.05) is 18.5 Å². The summed E-state index contributed by atoms with van der Waals surface area (Å²) in [4.78, 5) is 73.5. The molecule has 0 aromatic heterocycles. The molecule has 2 rings (SSSR count). The Morgan fingerprint density at radius 1 is 1.14 bits per heavy atom. The van der Waals surface area contributed by atoms with Crippen molar-refractivity contribution in [2.75, 3.05) is 11.9 Å². The van der Waals surface area contributed by atoms with Crippen molar-refractivity contribution in [2.24, 2.45) is 5.92 Å². The molecule has 0 saturated carbocycles. The lowest BCUT2D eigenvalue weighted by Crippen LogP contribution is -2.54. The van der Waals surface area contributed by atoms with E-state index in [-0.39, 0.29) is 29.0 Å². The highest BCUT2D eigenvalue weighted by molar-refractivity contribution is 6.34. The van der Waals surface area contributed by atoms with E-state index in [9.17, 15) is 28.8 Å². The molecule has 0 radical (unpaired) electrons. The van der Waals surface area contributed by atoms with Crippen LogP contribution in [0.25, 0.3) is 0 Å². The van der Waals surface area contributed by atoms with Crippen molar-refractivity contribution in [2.45, 2.75) is 64.6 Å². The SMILES string of the molecule is CC(C)CC(=O)Nc1ccc(C(=O)N[C@@H](C)C(=O)N2CCC[C@H]2C(=O)N[C@H](C=O)CC(=O)O)cc1Cl. The lowest BCUT2D eigenvalue weighted by atomic mass is 10.1. The summed E-state index contributed by atoms with van der Waals surface area (Å²) < 4.78 is 0. The number of halogens is 1. The third kappa shape index (κ3) is 8.04. The number of rotatable bonds is 11. The van der Waals surface area contributed by atoms with Crippen LogP contribution in [-0.4, -0.2) is 70.6 Å². The number of hydrogen-bond acceptors (Lipinski definition) is 6. The smallest absolute Gasteiger partial charge is 0.305 e. The Bertz CT molecular complexity index is 1030. The molecule has 1 aliphatic rings. The summed E-state index contributed by atoms with van der Waals surface area (Å²) in [5.74, 6) is -2.96. The Labute approximate surface area is 213 Å². The van der Waals surface area contributed by atoms with Crippen molar-refractivity contribution < 1.29 is 33.9 Å². The molecule has 1 aromatic rings. The van der Waals surface area contributed by atoms with E-state index in [0.29, 0.717) is 31.2 Å². The number of benzene rings is 1. The molecule has 36 heavy (non-hydrogen) atoms. The first-order chi connectivity index (χ1) is 16.9. The summed E-state index contributed by atoms with van der Waals surface area (Å²) in [5.41, 5.74) is 0.546. The molecule has 0 aliphatic carbocycles. The summed E-state index contributed by atoms with van der Waals surface area (Å²) in [5, 5.41) is 16.6. The summed E-state index contributed by atoms with van der Waals surface area (Å²) in [6, 6.07) is 1.30. The van der Waals surface area contributed by atoms with Gasteiger partial charge in [-0.15, -0.1) is 0 Å². The molecule has 4 N–H and O–H groups in total. The first-order valence-electron chi connectivity index (χ1n) is 11.6. The van der Waals surface area contributed by atoms with Gasteiger partial charge in [-0.05, 0) is 43.9 Å². The Morgan fingerprint density at radius 3 is 2.42 bits per heavy atom. The predicted molar refractivity (Wildman–Crippen MR) is 131 cm³/mol. The van der Waals surface area contributed by atoms with Gasteiger partial charge in [0.1, 0.15) is 18.4 Å². The molecule has 12 heteroatoms. The highest BCUT2D eigenvalue weighted by atomic mass is 35.5. The number of nitrogens with zero attached hydrogens (tertiary/aromatic N) is 1. The lowest BCUT2D eigenvalue weighted by molar-refractivity contribution is -0.141. The highest BCUT2D eigenvalue weighted by Crippen LogP contribution is 2.24. The van der Waals surface area contributed by atoms with Crippen LogP contribution in [-0.2, 0) is 24.0 Å². The maximum Gasteiger partial charge on any atom is 0.305 e. The van der Waals surface area contributed by atoms with Crippen LogP contribution in [0, 0.1) is 5.92 Å². The van der Waals surface area contributed by atoms with Crippen LogP contribution in [0.2, 0.25) is 5.02 Å². The van der Waals surface area contributed by atoms with E-state index in [1.54, 1.807) is 0 Å². The second kappa shape index (κ2) is 13.0. The van der Waals surface area contributed by atoms with Gasteiger partial charge in [0.2, 0.25) is 17.7 Å². The first kappa shape index (κ1) is 28.8. The predicted octanol–water partition coefficient (Wildman–Crippen LogP) is 1.59. The van der Waals surface area contributed by atoms with Crippen LogP contribution in [0.4, 0.5) is 5.69 Å². The molecule has 196 valence electrons. The average Bonchev–Trinajstić information content (AvgIpc) is 3.28. The fraction of sp³-hybridized carbons (Fsp3) is 0.500. The van der Waals surface area contributed by atoms with E-state index >= 15 is 0 Å². The highest BCUT2D eigenvalue weighted by Gasteiger charge is 2.37. The second-order valence-electron chi connectivity index (χ2n) is 9.07. The second-order valence-corrected chi connectivity index (χ2v) is 9.48. The van der Waals surface area contributed by atoms with Crippen LogP contribution < -0.4 is 16.0 Å². The van der Waals surface area contributed by atoms with Gasteiger partial charge in [0.15, 0.2) is 0 Å². The fourth-order valence-corrected chi connectivity index (χ4v) is 4.05. The third-order valence-electron chi connectivity index (χ3n) is 5.54. The Kier molecular flexibility index (Phi) is 10.4. The van der Waals surface area contributed by atoms with Crippen molar-refractivity contribution in [3.63, 3.8) is 0 Å². The zero-order valence-corrected chi connectivity index (χ0v) is 21.1. The number of carboxylic acids is 1. The van der Waals surface area contributed by atoms with Crippen LogP contribution in [0.3, 0.4) is 0 Å². The summed E-state index contributed by atoms with van der Waals surface area (Å²) in [6.07, 6.45) is 0.974. The van der Waals surface area contributed by atoms with Crippen molar-refractivity contribution in [1.82, 2.24) is 15.5 Å². The van der Waals surface area contributed by atoms with E-state index in [1.165, 1.54) is 30.0 Å². The number of likely N-dealkylation sites (tertiary alicyclic amines) is 1. The minimum atomic E-state index is -1.24. The first-order valence-corrected chi connectivity index (χ1v) is 12.0. The molecule has 0 spiro atoms. The molecule has 1 aliphatic heterocycles. The number of carboxylic acid groups (broad SMARTS) is 1. The van der Waals surface area contributed by atoms with Gasteiger partial charge < -0.3 is 30.8 Å². The third-order valence-corrected chi connectivity index (χ3v) is 5.85. The van der Waals surface area contributed by atoms with Gasteiger partial charge in [0.05, 0.1) is 23.2 Å². The number of nitrogens with one attached hydrogen (secondary N) is 3. The molecule has 3 atom stereocenters. The summed E-state index contributed by atoms with van der Waals surface area (Å²) >= 11 is 6.22. The van der Waals surface area contributed by atoms with Gasteiger partial charge >= 0.3 is 5.97 Å². The van der Waals surface area contributed by atoms with Crippen molar-refractivity contribution in [3.8, 4) is 0 Å². The molecule has 4 amide bonds. The molecule has 11 nitrogen and oxygen atoms in total. The number of anilines is 1. The van der Waals surface area contributed by atoms with Crippen molar-refractivity contribution in [1.29, 1.82) is 0 Å². The normalized spacial score (nSPS) is 16.7. The zero-order valence-electron chi connectivity index (χ0n) is 20.4. The average molecular weight is 523 g/mol. The standard InChI is InChI=1S/C24H31ClN4O7/c1-13(2)9-20(31)28-18-7-6-15(10-17(18)25)22(34)26-14(3)24(36)29-8-4-5-19(29)23(35)27-16(12-30)11-21(32)33/h6-7,10,12-14,16,19H,4-5,8-9,11H2,1-3H3,(H,26,34)(H,27,35)(H,28,31)(H,32,33)/t14-,16-,19-/m0/s1. The number of carbonyl (C=O) groups excluding carboxylic acids is 5. The molecule has 0 bridgehead atoms. The molecule has 0 unspecified atom stereocenters. The van der Waals surface area contributed by atoms with Gasteiger partial charge in [0.25, 0.3) is 5.91 Å². The number of carbonyl (C=O) groups is 6. The fourth-order valence-electron chi connectivity index (χ4n) is 3.82. The Balaban J connectivity index is 2.01. The van der Waals surface area contributed by atoms with Crippen molar-refractivity contribution >= 4 is 53.2 Å². The zero-order chi connectivity index (χ0) is 27.0. The van der Waals surface area contributed by atoms with Crippen LogP contribution >= 0.6 is 11.6 Å². The van der Waals surface area contributed by atoms with E-state index in [4.69, 9.17) is 16.7 Å². The van der Waals surface area contributed by atoms with Gasteiger partial charge in [-0.1, -0.05) is 25.4 Å². The number of aliphatic carboxylic acids is 1. The minimum absolute atomic E-state index is 0.168. The van der Waals surface area contributed by atoms with Crippen LogP contribution in [0.5, 0.6) is 0 Å². The molecule has 1 saturated heterocycles. The van der Waals surface area contributed by atoms with Gasteiger partial charge in [-0.2, -0.15) is 0 Å². The topological polar surface area (TPSA) is 162 Å². The number of aldehydes is 1.